The Morgan fingerprint density at radius 2 is 2.07 bits per heavy atom. The van der Waals surface area contributed by atoms with E-state index in [2.05, 4.69) is 0 Å². The lowest BCUT2D eigenvalue weighted by molar-refractivity contribution is 0.224. The van der Waals surface area contributed by atoms with E-state index >= 15 is 0 Å². The van der Waals surface area contributed by atoms with Crippen molar-refractivity contribution < 1.29 is 9.47 Å². The molecule has 0 N–H and O–H groups in total. The Morgan fingerprint density at radius 1 is 1.36 bits per heavy atom. The average Bonchev–Trinajstić information content (AvgIpc) is 2.11. The van der Waals surface area contributed by atoms with Crippen LogP contribution in [-0.2, 0) is 0 Å². The number of ether oxygens (including phenoxy) is 2. The van der Waals surface area contributed by atoms with Gasteiger partial charge in [0, 0.05) is 0 Å². The molecule has 0 aliphatic carbocycles. The molecule has 2 nitrogen and oxygen atoms in total. The molecule has 0 radical (unpaired) electrons. The van der Waals surface area contributed by atoms with Gasteiger partial charge in [0.1, 0.15) is 0 Å². The summed E-state index contributed by atoms with van der Waals surface area (Å²) in [6, 6.07) is 5.50. The van der Waals surface area contributed by atoms with Gasteiger partial charge in [0.25, 0.3) is 0 Å². The first-order valence-corrected chi connectivity index (χ1v) is 5.11. The molecule has 14 heavy (non-hydrogen) atoms. The van der Waals surface area contributed by atoms with Gasteiger partial charge in [-0.1, -0.05) is 17.7 Å². The van der Waals surface area contributed by atoms with Gasteiger partial charge in [0.2, 0.25) is 0 Å². The van der Waals surface area contributed by atoms with Crippen molar-refractivity contribution in [3.8, 4) is 11.5 Å². The maximum atomic E-state index is 6.00. The van der Waals surface area contributed by atoms with Gasteiger partial charge in [0.15, 0.2) is 11.5 Å². The zero-order valence-corrected chi connectivity index (χ0v) is 9.47. The molecule has 0 aliphatic rings. The Labute approximate surface area is 89.8 Å². The van der Waals surface area contributed by atoms with E-state index in [9.17, 15) is 0 Å². The summed E-state index contributed by atoms with van der Waals surface area (Å²) in [7, 11) is 0. The monoisotopic (exact) mass is 214 g/mol. The molecule has 0 unspecified atom stereocenters. The zero-order chi connectivity index (χ0) is 10.6. The largest absolute Gasteiger partial charge is 0.490 e. The Balaban J connectivity index is 2.96. The average molecular weight is 215 g/mol. The molecule has 0 saturated carbocycles. The first-order valence-electron chi connectivity index (χ1n) is 4.73. The molecule has 1 aromatic carbocycles. The number of hydrogen-bond acceptors (Lipinski definition) is 2. The van der Waals surface area contributed by atoms with Crippen molar-refractivity contribution in [1.29, 1.82) is 0 Å². The summed E-state index contributed by atoms with van der Waals surface area (Å²) in [6.45, 7) is 6.45. The molecule has 1 rings (SSSR count). The van der Waals surface area contributed by atoms with Crippen molar-refractivity contribution >= 4 is 11.6 Å². The van der Waals surface area contributed by atoms with E-state index < -0.39 is 0 Å². The summed E-state index contributed by atoms with van der Waals surface area (Å²) in [6.07, 6.45) is 0.0918. The van der Waals surface area contributed by atoms with E-state index in [1.54, 1.807) is 6.07 Å². The number of benzene rings is 1. The molecule has 1 aromatic rings. The molecule has 0 aromatic heterocycles. The van der Waals surface area contributed by atoms with Crippen LogP contribution in [0.15, 0.2) is 18.2 Å². The van der Waals surface area contributed by atoms with Crippen LogP contribution in [-0.4, -0.2) is 12.7 Å². The van der Waals surface area contributed by atoms with Crippen LogP contribution in [0.2, 0.25) is 5.02 Å². The molecular formula is C11H15ClO2. The predicted octanol–water partition coefficient (Wildman–Crippen LogP) is 3.53. The molecular weight excluding hydrogens is 200 g/mol. The van der Waals surface area contributed by atoms with E-state index in [1.165, 1.54) is 0 Å². The van der Waals surface area contributed by atoms with E-state index in [0.717, 1.165) is 0 Å². The molecule has 0 fully saturated rings. The van der Waals surface area contributed by atoms with Gasteiger partial charge in [0.05, 0.1) is 17.7 Å². The second kappa shape index (κ2) is 5.11. The summed E-state index contributed by atoms with van der Waals surface area (Å²) >= 11 is 6.00. The smallest absolute Gasteiger partial charge is 0.180 e. The molecule has 78 valence electrons. The second-order valence-electron chi connectivity index (χ2n) is 3.17. The van der Waals surface area contributed by atoms with Crippen LogP contribution in [0.3, 0.4) is 0 Å². The van der Waals surface area contributed by atoms with Crippen LogP contribution >= 0.6 is 11.6 Å². The molecule has 0 spiro atoms. The van der Waals surface area contributed by atoms with Gasteiger partial charge in [-0.15, -0.1) is 0 Å². The van der Waals surface area contributed by atoms with Crippen LogP contribution in [0.1, 0.15) is 20.8 Å². The van der Waals surface area contributed by atoms with E-state index in [-0.39, 0.29) is 6.10 Å². The van der Waals surface area contributed by atoms with Crippen molar-refractivity contribution in [2.75, 3.05) is 6.61 Å². The fraction of sp³-hybridized carbons (Fsp3) is 0.455. The zero-order valence-electron chi connectivity index (χ0n) is 8.71. The Bertz CT molecular complexity index is 297. The molecule has 0 heterocycles. The van der Waals surface area contributed by atoms with Crippen molar-refractivity contribution in [2.45, 2.75) is 26.9 Å². The third-order valence-corrected chi connectivity index (χ3v) is 1.88. The molecule has 0 atom stereocenters. The van der Waals surface area contributed by atoms with Gasteiger partial charge < -0.3 is 9.47 Å². The second-order valence-corrected chi connectivity index (χ2v) is 3.57. The lowest BCUT2D eigenvalue weighted by atomic mass is 10.3. The SMILES string of the molecule is CCOc1cccc(Cl)c1OC(C)C. The molecule has 0 saturated heterocycles. The topological polar surface area (TPSA) is 18.5 Å². The maximum Gasteiger partial charge on any atom is 0.180 e. The van der Waals surface area contributed by atoms with E-state index in [0.29, 0.717) is 23.1 Å². The summed E-state index contributed by atoms with van der Waals surface area (Å²) < 4.78 is 11.0. The van der Waals surface area contributed by atoms with Crippen molar-refractivity contribution in [3.05, 3.63) is 23.2 Å². The summed E-state index contributed by atoms with van der Waals surface area (Å²) in [5.74, 6) is 1.33. The van der Waals surface area contributed by atoms with Crippen molar-refractivity contribution in [1.82, 2.24) is 0 Å². The minimum atomic E-state index is 0.0918. The summed E-state index contributed by atoms with van der Waals surface area (Å²) in [4.78, 5) is 0. The molecule has 0 amide bonds. The maximum absolute atomic E-state index is 6.00. The normalized spacial score (nSPS) is 10.4. The van der Waals surface area contributed by atoms with Crippen molar-refractivity contribution in [3.63, 3.8) is 0 Å². The highest BCUT2D eigenvalue weighted by atomic mass is 35.5. The van der Waals surface area contributed by atoms with E-state index in [1.807, 2.05) is 32.9 Å². The highest BCUT2D eigenvalue weighted by Crippen LogP contribution is 2.35. The number of para-hydroxylation sites is 1. The number of halogens is 1. The first kappa shape index (κ1) is 11.2. The predicted molar refractivity (Wildman–Crippen MR) is 58.4 cm³/mol. The quantitative estimate of drug-likeness (QED) is 0.764. The summed E-state index contributed by atoms with van der Waals surface area (Å²) in [5.41, 5.74) is 0. The van der Waals surface area contributed by atoms with Gasteiger partial charge in [-0.05, 0) is 32.9 Å². The number of rotatable bonds is 4. The lowest BCUT2D eigenvalue weighted by Crippen LogP contribution is -2.07. The third kappa shape index (κ3) is 2.81. The van der Waals surface area contributed by atoms with Crippen LogP contribution in [0, 0.1) is 0 Å². The van der Waals surface area contributed by atoms with Gasteiger partial charge in [-0.2, -0.15) is 0 Å². The minimum Gasteiger partial charge on any atom is -0.490 e. The van der Waals surface area contributed by atoms with Gasteiger partial charge in [-0.25, -0.2) is 0 Å². The van der Waals surface area contributed by atoms with Crippen LogP contribution < -0.4 is 9.47 Å². The summed E-state index contributed by atoms with van der Waals surface area (Å²) in [5, 5.41) is 0.588. The fourth-order valence-corrected chi connectivity index (χ4v) is 1.32. The van der Waals surface area contributed by atoms with Crippen molar-refractivity contribution in [2.24, 2.45) is 0 Å². The van der Waals surface area contributed by atoms with Crippen LogP contribution in [0.5, 0.6) is 11.5 Å². The van der Waals surface area contributed by atoms with Gasteiger partial charge in [-0.3, -0.25) is 0 Å². The Hall–Kier alpha value is -0.890. The Kier molecular flexibility index (Phi) is 4.08. The lowest BCUT2D eigenvalue weighted by Gasteiger charge is -2.15. The highest BCUT2D eigenvalue weighted by Gasteiger charge is 2.10. The minimum absolute atomic E-state index is 0.0918. The van der Waals surface area contributed by atoms with Gasteiger partial charge >= 0.3 is 0 Å². The third-order valence-electron chi connectivity index (χ3n) is 1.58. The molecule has 3 heteroatoms. The number of hydrogen-bond donors (Lipinski definition) is 0. The highest BCUT2D eigenvalue weighted by molar-refractivity contribution is 6.32. The standard InChI is InChI=1S/C11H15ClO2/c1-4-13-10-7-5-6-9(12)11(10)14-8(2)3/h5-8H,4H2,1-3H3. The van der Waals surface area contributed by atoms with E-state index in [4.69, 9.17) is 21.1 Å². The fourth-order valence-electron chi connectivity index (χ4n) is 1.11. The van der Waals surface area contributed by atoms with Crippen LogP contribution in [0.25, 0.3) is 0 Å². The van der Waals surface area contributed by atoms with Crippen LogP contribution in [0.4, 0.5) is 0 Å². The Morgan fingerprint density at radius 3 is 2.64 bits per heavy atom. The molecule has 0 bridgehead atoms. The molecule has 0 aliphatic heterocycles. The first-order chi connectivity index (χ1) is 6.65.